The van der Waals surface area contributed by atoms with E-state index in [9.17, 15) is 15.0 Å². The Morgan fingerprint density at radius 2 is 1.76 bits per heavy atom. The van der Waals surface area contributed by atoms with Gasteiger partial charge in [0.2, 0.25) is 0 Å². The molecule has 3 aromatic carbocycles. The molecule has 1 fully saturated rings. The Morgan fingerprint density at radius 3 is 2.46 bits per heavy atom. The summed E-state index contributed by atoms with van der Waals surface area (Å²) in [5, 5.41) is 21.4. The minimum absolute atomic E-state index is 0.0112. The Hall–Kier alpha value is -3.94. The zero-order valence-corrected chi connectivity index (χ0v) is 20.9. The van der Waals surface area contributed by atoms with Crippen LogP contribution in [0.15, 0.2) is 77.8 Å². The van der Waals surface area contributed by atoms with Crippen molar-refractivity contribution >= 4 is 28.3 Å². The van der Waals surface area contributed by atoms with Crippen LogP contribution >= 0.6 is 0 Å². The third-order valence-corrected chi connectivity index (χ3v) is 6.93. The van der Waals surface area contributed by atoms with Crippen molar-refractivity contribution < 1.29 is 19.7 Å². The lowest BCUT2D eigenvalue weighted by molar-refractivity contribution is 0.0601. The number of ether oxygens (including phenoxy) is 1. The SMILES string of the molecule is COC(=O)c1ccc2c(C(=Nc3ccc(CCN4CCC(O)CC4)cc3)c3ccccc3)c(O)[nH]c2c1. The maximum atomic E-state index is 12.0. The average molecular weight is 498 g/mol. The first-order valence-electron chi connectivity index (χ1n) is 12.6. The van der Waals surface area contributed by atoms with Crippen LogP contribution in [0.25, 0.3) is 10.9 Å². The number of aromatic nitrogens is 1. The van der Waals surface area contributed by atoms with E-state index < -0.39 is 5.97 Å². The standard InChI is InChI=1S/C30H31N3O4/c1-37-30(36)22-9-12-25-26(19-22)32-29(35)27(25)28(21-5-3-2-4-6-21)31-23-10-7-20(8-11-23)13-16-33-17-14-24(34)15-18-33/h2-12,19,24,32,34-35H,13-18H2,1H3. The first kappa shape index (κ1) is 24.7. The highest BCUT2D eigenvalue weighted by atomic mass is 16.5. The lowest BCUT2D eigenvalue weighted by Crippen LogP contribution is -2.37. The highest BCUT2D eigenvalue weighted by Crippen LogP contribution is 2.32. The number of carbonyl (C=O) groups is 1. The molecule has 0 spiro atoms. The molecule has 7 nitrogen and oxygen atoms in total. The monoisotopic (exact) mass is 497 g/mol. The van der Waals surface area contributed by atoms with Crippen LogP contribution < -0.4 is 0 Å². The molecule has 37 heavy (non-hydrogen) atoms. The third-order valence-electron chi connectivity index (χ3n) is 6.93. The van der Waals surface area contributed by atoms with Gasteiger partial charge in [0, 0.05) is 36.1 Å². The summed E-state index contributed by atoms with van der Waals surface area (Å²) in [6, 6.07) is 23.1. The summed E-state index contributed by atoms with van der Waals surface area (Å²) in [6.45, 7) is 2.86. The van der Waals surface area contributed by atoms with Gasteiger partial charge in [-0.05, 0) is 49.1 Å². The zero-order valence-electron chi connectivity index (χ0n) is 20.9. The number of rotatable bonds is 7. The number of hydrogen-bond donors (Lipinski definition) is 3. The van der Waals surface area contributed by atoms with Gasteiger partial charge in [0.25, 0.3) is 0 Å². The normalized spacial score (nSPS) is 15.2. The number of methoxy groups -OCH3 is 1. The lowest BCUT2D eigenvalue weighted by Gasteiger charge is -2.29. The van der Waals surface area contributed by atoms with Crippen molar-refractivity contribution in [2.24, 2.45) is 4.99 Å². The summed E-state index contributed by atoms with van der Waals surface area (Å²) < 4.78 is 4.83. The summed E-state index contributed by atoms with van der Waals surface area (Å²) in [5.74, 6) is -0.449. The van der Waals surface area contributed by atoms with E-state index in [-0.39, 0.29) is 12.0 Å². The van der Waals surface area contributed by atoms with Crippen LogP contribution in [0.1, 0.15) is 39.9 Å². The Labute approximate surface area is 216 Å². The molecular formula is C30H31N3O4. The van der Waals surface area contributed by atoms with Crippen molar-refractivity contribution in [1.82, 2.24) is 9.88 Å². The molecule has 7 heteroatoms. The number of benzene rings is 3. The first-order chi connectivity index (χ1) is 18.0. The van der Waals surface area contributed by atoms with Crippen LogP contribution in [0.3, 0.4) is 0 Å². The fourth-order valence-corrected chi connectivity index (χ4v) is 4.83. The van der Waals surface area contributed by atoms with Crippen LogP contribution in [0.5, 0.6) is 5.88 Å². The smallest absolute Gasteiger partial charge is 0.337 e. The maximum Gasteiger partial charge on any atom is 0.337 e. The summed E-state index contributed by atoms with van der Waals surface area (Å²) in [5.41, 5.74) is 5.12. The van der Waals surface area contributed by atoms with Gasteiger partial charge in [0.15, 0.2) is 5.88 Å². The number of aliphatic hydroxyl groups is 1. The number of H-pyrrole nitrogens is 1. The molecule has 0 radical (unpaired) electrons. The Balaban J connectivity index is 1.45. The number of aromatic hydroxyl groups is 1. The second-order valence-electron chi connectivity index (χ2n) is 9.42. The fraction of sp³-hybridized carbons (Fsp3) is 0.267. The van der Waals surface area contributed by atoms with Gasteiger partial charge in [-0.15, -0.1) is 0 Å². The minimum atomic E-state index is -0.438. The van der Waals surface area contributed by atoms with Gasteiger partial charge in [-0.3, -0.25) is 0 Å². The number of hydrogen-bond acceptors (Lipinski definition) is 6. The number of esters is 1. The molecule has 190 valence electrons. The molecule has 0 amide bonds. The van der Waals surface area contributed by atoms with Crippen LogP contribution in [0.2, 0.25) is 0 Å². The molecule has 1 saturated heterocycles. The largest absolute Gasteiger partial charge is 0.494 e. The number of fused-ring (bicyclic) bond motifs is 1. The van der Waals surface area contributed by atoms with Gasteiger partial charge in [0.05, 0.1) is 35.7 Å². The van der Waals surface area contributed by atoms with E-state index in [1.807, 2.05) is 42.5 Å². The number of carbonyl (C=O) groups excluding carboxylic acids is 1. The molecular weight excluding hydrogens is 466 g/mol. The highest BCUT2D eigenvalue weighted by molar-refractivity contribution is 6.22. The van der Waals surface area contributed by atoms with Gasteiger partial charge < -0.3 is 24.8 Å². The van der Waals surface area contributed by atoms with E-state index in [2.05, 4.69) is 22.0 Å². The van der Waals surface area contributed by atoms with Crippen molar-refractivity contribution in [2.75, 3.05) is 26.7 Å². The molecule has 4 aromatic rings. The van der Waals surface area contributed by atoms with E-state index in [1.54, 1.807) is 18.2 Å². The van der Waals surface area contributed by atoms with E-state index in [4.69, 9.17) is 9.73 Å². The number of piperidine rings is 1. The molecule has 1 aromatic heterocycles. The molecule has 5 rings (SSSR count). The van der Waals surface area contributed by atoms with Crippen molar-refractivity contribution in [3.8, 4) is 5.88 Å². The van der Waals surface area contributed by atoms with Crippen molar-refractivity contribution in [3.63, 3.8) is 0 Å². The Kier molecular flexibility index (Phi) is 7.35. The van der Waals surface area contributed by atoms with Gasteiger partial charge in [0.1, 0.15) is 0 Å². The number of aliphatic hydroxyl groups excluding tert-OH is 1. The van der Waals surface area contributed by atoms with E-state index >= 15 is 0 Å². The molecule has 0 unspecified atom stereocenters. The van der Waals surface area contributed by atoms with Gasteiger partial charge in [-0.2, -0.15) is 0 Å². The molecule has 2 heterocycles. The lowest BCUT2D eigenvalue weighted by atomic mass is 10.00. The first-order valence-corrected chi connectivity index (χ1v) is 12.6. The summed E-state index contributed by atoms with van der Waals surface area (Å²) in [4.78, 5) is 22.3. The maximum absolute atomic E-state index is 12.0. The number of likely N-dealkylation sites (tertiary alicyclic amines) is 1. The van der Waals surface area contributed by atoms with Gasteiger partial charge in [-0.1, -0.05) is 48.5 Å². The van der Waals surface area contributed by atoms with E-state index in [1.165, 1.54) is 12.7 Å². The number of aliphatic imine (C=N–C) groups is 1. The highest BCUT2D eigenvalue weighted by Gasteiger charge is 2.20. The Bertz CT molecular complexity index is 1400. The van der Waals surface area contributed by atoms with Crippen LogP contribution in [0.4, 0.5) is 5.69 Å². The molecule has 3 N–H and O–H groups in total. The van der Waals surface area contributed by atoms with Crippen molar-refractivity contribution in [1.29, 1.82) is 0 Å². The molecule has 0 aliphatic carbocycles. The summed E-state index contributed by atoms with van der Waals surface area (Å²) in [6.07, 6.45) is 2.48. The molecule has 1 aliphatic rings. The summed E-state index contributed by atoms with van der Waals surface area (Å²) >= 11 is 0. The second kappa shape index (κ2) is 11.0. The third kappa shape index (κ3) is 5.58. The van der Waals surface area contributed by atoms with Crippen molar-refractivity contribution in [2.45, 2.75) is 25.4 Å². The minimum Gasteiger partial charge on any atom is -0.494 e. The summed E-state index contributed by atoms with van der Waals surface area (Å²) in [7, 11) is 1.34. The van der Waals surface area contributed by atoms with E-state index in [0.29, 0.717) is 22.4 Å². The topological polar surface area (TPSA) is 98.2 Å². The number of nitrogens with zero attached hydrogens (tertiary/aromatic N) is 2. The average Bonchev–Trinajstić information content (AvgIpc) is 3.26. The molecule has 1 aliphatic heterocycles. The van der Waals surface area contributed by atoms with Crippen LogP contribution in [0, 0.1) is 0 Å². The number of aromatic amines is 1. The molecule has 0 saturated carbocycles. The van der Waals surface area contributed by atoms with Crippen LogP contribution in [-0.2, 0) is 11.2 Å². The Morgan fingerprint density at radius 1 is 1.03 bits per heavy atom. The van der Waals surface area contributed by atoms with Crippen LogP contribution in [-0.4, -0.2) is 64.6 Å². The van der Waals surface area contributed by atoms with Gasteiger partial charge >= 0.3 is 5.97 Å². The van der Waals surface area contributed by atoms with Gasteiger partial charge in [-0.25, -0.2) is 9.79 Å². The molecule has 0 atom stereocenters. The van der Waals surface area contributed by atoms with Crippen molar-refractivity contribution in [3.05, 3.63) is 95.1 Å². The van der Waals surface area contributed by atoms with E-state index in [0.717, 1.165) is 55.5 Å². The second-order valence-corrected chi connectivity index (χ2v) is 9.42. The number of nitrogens with one attached hydrogen (secondary N) is 1. The molecule has 0 bridgehead atoms. The zero-order chi connectivity index (χ0) is 25.8. The quantitative estimate of drug-likeness (QED) is 0.251. The predicted octanol–water partition coefficient (Wildman–Crippen LogP) is 4.83. The predicted molar refractivity (Wildman–Crippen MR) is 145 cm³/mol. The fourth-order valence-electron chi connectivity index (χ4n) is 4.83.